The minimum atomic E-state index is -1.13. The molecule has 2 aliphatic rings. The van der Waals surface area contributed by atoms with Crippen molar-refractivity contribution in [1.82, 2.24) is 10.6 Å². The van der Waals surface area contributed by atoms with Crippen molar-refractivity contribution in [3.63, 3.8) is 0 Å². The summed E-state index contributed by atoms with van der Waals surface area (Å²) in [5.41, 5.74) is 2.18. The molecule has 2 heterocycles. The highest BCUT2D eigenvalue weighted by Crippen LogP contribution is 2.45. The lowest BCUT2D eigenvalue weighted by Crippen LogP contribution is -2.49. The molecule has 4 rings (SSSR count). The number of rotatable bonds is 8. The molecule has 10 nitrogen and oxygen atoms in total. The van der Waals surface area contributed by atoms with E-state index in [4.69, 9.17) is 14.2 Å². The summed E-state index contributed by atoms with van der Waals surface area (Å²) in [6.07, 6.45) is 2.06. The zero-order valence-corrected chi connectivity index (χ0v) is 28.0. The number of epoxide rings is 1. The van der Waals surface area contributed by atoms with E-state index in [1.165, 1.54) is 6.08 Å². The van der Waals surface area contributed by atoms with Crippen molar-refractivity contribution in [3.8, 4) is 0 Å². The number of hydrogen-bond acceptors (Lipinski definition) is 8. The number of carbonyl (C=O) groups excluding carboxylic acids is 5. The van der Waals surface area contributed by atoms with Crippen LogP contribution >= 0.6 is 15.9 Å². The maximum atomic E-state index is 13.5. The molecule has 46 heavy (non-hydrogen) atoms. The molecule has 7 atom stereocenters. The molecular weight excluding hydrogens is 656 g/mol. The minimum absolute atomic E-state index is 0.0287. The van der Waals surface area contributed by atoms with Crippen molar-refractivity contribution in [2.45, 2.75) is 77.4 Å². The summed E-state index contributed by atoms with van der Waals surface area (Å²) in [7, 11) is 0. The second kappa shape index (κ2) is 16.1. The van der Waals surface area contributed by atoms with Gasteiger partial charge in [-0.05, 0) is 35.6 Å². The molecule has 1 saturated heterocycles. The van der Waals surface area contributed by atoms with Crippen LogP contribution in [-0.4, -0.2) is 60.9 Å². The van der Waals surface area contributed by atoms with Crippen LogP contribution in [0.15, 0.2) is 65.2 Å². The summed E-state index contributed by atoms with van der Waals surface area (Å²) in [5, 5.41) is 5.47. The van der Waals surface area contributed by atoms with E-state index < -0.39 is 47.9 Å². The van der Waals surface area contributed by atoms with Crippen molar-refractivity contribution in [2.24, 2.45) is 17.8 Å². The lowest BCUT2D eigenvalue weighted by molar-refractivity contribution is -0.176. The molecule has 11 heteroatoms. The number of aldehydes is 1. The maximum Gasteiger partial charge on any atom is 0.347 e. The number of hydrogen-bond donors (Lipinski definition) is 2. The van der Waals surface area contributed by atoms with Crippen LogP contribution in [0.5, 0.6) is 0 Å². The van der Waals surface area contributed by atoms with Gasteiger partial charge in [0.25, 0.3) is 0 Å². The Balaban J connectivity index is 1.58. The highest BCUT2D eigenvalue weighted by molar-refractivity contribution is 9.10. The second-order valence-electron chi connectivity index (χ2n) is 12.3. The number of cyclic esters (lactones) is 2. The Bertz CT molecular complexity index is 1450. The highest BCUT2D eigenvalue weighted by atomic mass is 79.9. The number of carbonyl (C=O) groups is 5. The van der Waals surface area contributed by atoms with Crippen LogP contribution in [-0.2, 0) is 39.8 Å². The van der Waals surface area contributed by atoms with Gasteiger partial charge in [0.05, 0.1) is 12.0 Å². The van der Waals surface area contributed by atoms with Gasteiger partial charge in [0, 0.05) is 35.3 Å². The van der Waals surface area contributed by atoms with Crippen molar-refractivity contribution in [1.29, 1.82) is 0 Å². The number of halogens is 1. The summed E-state index contributed by atoms with van der Waals surface area (Å²) in [6, 6.07) is 13.8. The normalized spacial score (nSPS) is 27.5. The summed E-state index contributed by atoms with van der Waals surface area (Å²) in [5.74, 6) is -3.32. The number of esters is 2. The number of benzene rings is 2. The minimum Gasteiger partial charge on any atom is -0.459 e. The quantitative estimate of drug-likeness (QED) is 0.231. The summed E-state index contributed by atoms with van der Waals surface area (Å²) < 4.78 is 18.2. The Hall–Kier alpha value is -3.83. The first kappa shape index (κ1) is 35.0. The van der Waals surface area contributed by atoms with Gasteiger partial charge >= 0.3 is 11.9 Å². The molecule has 246 valence electrons. The lowest BCUT2D eigenvalue weighted by atomic mass is 9.93. The molecule has 1 fully saturated rings. The first-order valence-electron chi connectivity index (χ1n) is 15.6. The predicted molar refractivity (Wildman–Crippen MR) is 174 cm³/mol. The third-order valence-corrected chi connectivity index (χ3v) is 8.81. The maximum absolute atomic E-state index is 13.5. The Morgan fingerprint density at radius 2 is 1.74 bits per heavy atom. The van der Waals surface area contributed by atoms with Gasteiger partial charge in [0.2, 0.25) is 11.8 Å². The van der Waals surface area contributed by atoms with E-state index >= 15 is 0 Å². The van der Waals surface area contributed by atoms with Gasteiger partial charge in [0.15, 0.2) is 12.4 Å². The van der Waals surface area contributed by atoms with Gasteiger partial charge in [0.1, 0.15) is 18.2 Å². The summed E-state index contributed by atoms with van der Waals surface area (Å²) in [4.78, 5) is 64.2. The van der Waals surface area contributed by atoms with Gasteiger partial charge in [-0.2, -0.15) is 0 Å². The van der Waals surface area contributed by atoms with Crippen molar-refractivity contribution < 1.29 is 38.2 Å². The number of ether oxygens (including phenoxy) is 3. The predicted octanol–water partition coefficient (Wildman–Crippen LogP) is 4.65. The van der Waals surface area contributed by atoms with Crippen LogP contribution in [0.2, 0.25) is 0 Å². The first-order valence-corrected chi connectivity index (χ1v) is 16.4. The monoisotopic (exact) mass is 696 g/mol. The van der Waals surface area contributed by atoms with Gasteiger partial charge < -0.3 is 24.8 Å². The Labute approximate surface area is 277 Å². The molecule has 0 aliphatic carbocycles. The second-order valence-corrected chi connectivity index (χ2v) is 13.2. The zero-order valence-electron chi connectivity index (χ0n) is 26.4. The average Bonchev–Trinajstić information content (AvgIpc) is 3.83. The van der Waals surface area contributed by atoms with Crippen LogP contribution in [0.25, 0.3) is 0 Å². The van der Waals surface area contributed by atoms with Gasteiger partial charge in [-0.15, -0.1) is 0 Å². The fourth-order valence-electron chi connectivity index (χ4n) is 5.35. The molecule has 2 aromatic rings. The third-order valence-electron chi connectivity index (χ3n) is 8.12. The molecule has 2 aliphatic heterocycles. The molecule has 0 radical (unpaired) electrons. The van der Waals surface area contributed by atoms with Gasteiger partial charge in [-0.1, -0.05) is 92.2 Å². The van der Waals surface area contributed by atoms with E-state index in [1.807, 2.05) is 51.1 Å². The van der Waals surface area contributed by atoms with E-state index in [0.717, 1.165) is 5.56 Å². The highest BCUT2D eigenvalue weighted by Gasteiger charge is 2.47. The standard InChI is InChI=1S/C35H41BrN2O8/c1-20(2)15-29-35(43)44-28(22(4)31-32(46-31)24-9-6-5-7-10-24)11-8-12-30(40)38-27(33(41)37-18-21(3)34(42)45-29)17-23-13-14-25(19-39)26(36)16-23/h5-10,12-14,16,19-22,27-29,31-32H,11,15,17-18H2,1-4H3,(H,37,41)(H,38,40)/b12-8+/t21-,22+,27-,28+,29+,31-,32-/m1/s1. The van der Waals surface area contributed by atoms with Crippen LogP contribution < -0.4 is 10.6 Å². The van der Waals surface area contributed by atoms with Crippen LogP contribution in [0.4, 0.5) is 0 Å². The fraction of sp³-hybridized carbons (Fsp3) is 0.457. The van der Waals surface area contributed by atoms with Crippen molar-refractivity contribution in [2.75, 3.05) is 6.54 Å². The lowest BCUT2D eigenvalue weighted by Gasteiger charge is -2.27. The van der Waals surface area contributed by atoms with E-state index in [0.29, 0.717) is 21.9 Å². The topological polar surface area (TPSA) is 140 Å². The average molecular weight is 698 g/mol. The third kappa shape index (κ3) is 9.59. The van der Waals surface area contributed by atoms with Gasteiger partial charge in [-0.25, -0.2) is 4.79 Å². The van der Waals surface area contributed by atoms with E-state index in [9.17, 15) is 24.0 Å². The Morgan fingerprint density at radius 3 is 2.41 bits per heavy atom. The van der Waals surface area contributed by atoms with Crippen molar-refractivity contribution >= 4 is 46.0 Å². The van der Waals surface area contributed by atoms with Crippen LogP contribution in [0, 0.1) is 17.8 Å². The smallest absolute Gasteiger partial charge is 0.347 e. The molecule has 0 unspecified atom stereocenters. The Kier molecular flexibility index (Phi) is 12.3. The fourth-order valence-corrected chi connectivity index (χ4v) is 5.87. The molecule has 0 saturated carbocycles. The van der Waals surface area contributed by atoms with Gasteiger partial charge in [-0.3, -0.25) is 19.2 Å². The van der Waals surface area contributed by atoms with Crippen molar-refractivity contribution in [3.05, 3.63) is 81.8 Å². The molecule has 0 bridgehead atoms. The largest absolute Gasteiger partial charge is 0.459 e. The summed E-state index contributed by atoms with van der Waals surface area (Å²) >= 11 is 3.36. The zero-order chi connectivity index (χ0) is 33.4. The molecule has 2 aromatic carbocycles. The molecule has 2 N–H and O–H groups in total. The number of nitrogens with one attached hydrogen (secondary N) is 2. The first-order chi connectivity index (χ1) is 22.0. The van der Waals surface area contributed by atoms with E-state index in [1.54, 1.807) is 31.2 Å². The van der Waals surface area contributed by atoms with Crippen LogP contribution in [0.3, 0.4) is 0 Å². The Morgan fingerprint density at radius 1 is 1.00 bits per heavy atom. The summed E-state index contributed by atoms with van der Waals surface area (Å²) in [6.45, 7) is 7.28. The SMILES string of the molecule is CC(C)C[C@@H]1OC(=O)[C@H](C)CNC(=O)[C@@H](Cc2ccc(C=O)c(Br)c2)NC(=O)/C=C/C[C@@H]([C@H](C)[C@H]2O[C@@H]2c2ccccc2)OC1=O. The van der Waals surface area contributed by atoms with Crippen LogP contribution in [0.1, 0.15) is 68.1 Å². The molecule has 0 spiro atoms. The van der Waals surface area contributed by atoms with E-state index in [2.05, 4.69) is 26.6 Å². The molecule has 2 amide bonds. The molecule has 0 aromatic heterocycles. The molecular formula is C35H41BrN2O8. The number of amides is 2. The van der Waals surface area contributed by atoms with E-state index in [-0.39, 0.29) is 49.9 Å².